The summed E-state index contributed by atoms with van der Waals surface area (Å²) in [5, 5.41) is 5.97. The van der Waals surface area contributed by atoms with Crippen molar-refractivity contribution in [3.8, 4) is 0 Å². The predicted molar refractivity (Wildman–Crippen MR) is 89.5 cm³/mol. The SMILES string of the molecule is O=C(Nc1ccc(NC2CCCC2)nc1)c1ccc(C(F)(F)F)cc1. The second-order valence-corrected chi connectivity index (χ2v) is 6.09. The number of rotatable bonds is 4. The van der Waals surface area contributed by atoms with Crippen molar-refractivity contribution in [2.45, 2.75) is 37.9 Å². The number of nitrogens with one attached hydrogen (secondary N) is 2. The fourth-order valence-corrected chi connectivity index (χ4v) is 2.85. The quantitative estimate of drug-likeness (QED) is 0.841. The van der Waals surface area contributed by atoms with E-state index in [4.69, 9.17) is 0 Å². The van der Waals surface area contributed by atoms with Crippen LogP contribution in [0.3, 0.4) is 0 Å². The maximum absolute atomic E-state index is 12.5. The van der Waals surface area contributed by atoms with Gasteiger partial charge in [-0.15, -0.1) is 0 Å². The van der Waals surface area contributed by atoms with Gasteiger partial charge >= 0.3 is 6.18 Å². The number of pyridine rings is 1. The van der Waals surface area contributed by atoms with Crippen LogP contribution < -0.4 is 10.6 Å². The molecule has 7 heteroatoms. The van der Waals surface area contributed by atoms with Gasteiger partial charge in [-0.3, -0.25) is 4.79 Å². The molecule has 3 rings (SSSR count). The minimum atomic E-state index is -4.42. The molecule has 0 bridgehead atoms. The first kappa shape index (κ1) is 17.3. The Morgan fingerprint density at radius 1 is 1.04 bits per heavy atom. The molecule has 4 nitrogen and oxygen atoms in total. The Balaban J connectivity index is 1.60. The van der Waals surface area contributed by atoms with Crippen molar-refractivity contribution in [2.75, 3.05) is 10.6 Å². The highest BCUT2D eigenvalue weighted by Gasteiger charge is 2.30. The highest BCUT2D eigenvalue weighted by molar-refractivity contribution is 6.04. The largest absolute Gasteiger partial charge is 0.416 e. The van der Waals surface area contributed by atoms with E-state index in [0.29, 0.717) is 11.7 Å². The van der Waals surface area contributed by atoms with Gasteiger partial charge in [0.1, 0.15) is 5.82 Å². The number of amides is 1. The van der Waals surface area contributed by atoms with Gasteiger partial charge in [0.2, 0.25) is 0 Å². The lowest BCUT2D eigenvalue weighted by molar-refractivity contribution is -0.137. The van der Waals surface area contributed by atoms with Crippen LogP contribution >= 0.6 is 0 Å². The van der Waals surface area contributed by atoms with Gasteiger partial charge in [0.15, 0.2) is 0 Å². The van der Waals surface area contributed by atoms with Gasteiger partial charge in [0.05, 0.1) is 17.4 Å². The van der Waals surface area contributed by atoms with Crippen molar-refractivity contribution in [3.05, 3.63) is 53.7 Å². The van der Waals surface area contributed by atoms with E-state index in [1.807, 2.05) is 0 Å². The molecule has 132 valence electrons. The number of carbonyl (C=O) groups is 1. The normalized spacial score (nSPS) is 15.2. The number of hydrogen-bond acceptors (Lipinski definition) is 3. The first-order valence-corrected chi connectivity index (χ1v) is 8.13. The monoisotopic (exact) mass is 349 g/mol. The van der Waals surface area contributed by atoms with Gasteiger partial charge in [-0.2, -0.15) is 13.2 Å². The molecule has 0 saturated heterocycles. The highest BCUT2D eigenvalue weighted by Crippen LogP contribution is 2.29. The lowest BCUT2D eigenvalue weighted by atomic mass is 10.1. The van der Waals surface area contributed by atoms with Crippen LogP contribution in [0.1, 0.15) is 41.6 Å². The zero-order valence-electron chi connectivity index (χ0n) is 13.4. The van der Waals surface area contributed by atoms with Crippen molar-refractivity contribution in [3.63, 3.8) is 0 Å². The smallest absolute Gasteiger partial charge is 0.367 e. The molecule has 25 heavy (non-hydrogen) atoms. The Labute approximate surface area is 143 Å². The summed E-state index contributed by atoms with van der Waals surface area (Å²) in [7, 11) is 0. The zero-order chi connectivity index (χ0) is 17.9. The van der Waals surface area contributed by atoms with Gasteiger partial charge in [-0.05, 0) is 49.2 Å². The van der Waals surface area contributed by atoms with E-state index in [2.05, 4.69) is 15.6 Å². The molecule has 1 aromatic heterocycles. The fraction of sp³-hybridized carbons (Fsp3) is 0.333. The van der Waals surface area contributed by atoms with Crippen molar-refractivity contribution < 1.29 is 18.0 Å². The van der Waals surface area contributed by atoms with Crippen molar-refractivity contribution in [1.82, 2.24) is 4.98 Å². The van der Waals surface area contributed by atoms with Crippen LogP contribution in [-0.2, 0) is 6.18 Å². The van der Waals surface area contributed by atoms with E-state index in [1.54, 1.807) is 12.1 Å². The molecule has 2 N–H and O–H groups in total. The van der Waals surface area contributed by atoms with E-state index in [1.165, 1.54) is 19.0 Å². The summed E-state index contributed by atoms with van der Waals surface area (Å²) in [6.45, 7) is 0. The van der Waals surface area contributed by atoms with E-state index in [9.17, 15) is 18.0 Å². The molecule has 1 aliphatic carbocycles. The summed E-state index contributed by atoms with van der Waals surface area (Å²) in [6, 6.07) is 8.03. The Bertz CT molecular complexity index is 721. The highest BCUT2D eigenvalue weighted by atomic mass is 19.4. The topological polar surface area (TPSA) is 54.0 Å². The third-order valence-corrected chi connectivity index (χ3v) is 4.20. The van der Waals surface area contributed by atoms with Crippen LogP contribution in [0.25, 0.3) is 0 Å². The number of halogens is 3. The Kier molecular flexibility index (Phi) is 4.92. The number of carbonyl (C=O) groups excluding carboxylic acids is 1. The Hall–Kier alpha value is -2.57. The lowest BCUT2D eigenvalue weighted by Gasteiger charge is -2.13. The molecule has 0 aliphatic heterocycles. The van der Waals surface area contributed by atoms with E-state index >= 15 is 0 Å². The molecule has 2 aromatic rings. The second kappa shape index (κ2) is 7.13. The fourth-order valence-electron chi connectivity index (χ4n) is 2.85. The average Bonchev–Trinajstić information content (AvgIpc) is 3.09. The van der Waals surface area contributed by atoms with Gasteiger partial charge in [-0.1, -0.05) is 12.8 Å². The number of benzene rings is 1. The molecular weight excluding hydrogens is 331 g/mol. The summed E-state index contributed by atoms with van der Waals surface area (Å²) in [6.07, 6.45) is 1.82. The van der Waals surface area contributed by atoms with Gasteiger partial charge in [0.25, 0.3) is 5.91 Å². The molecule has 1 aromatic carbocycles. The standard InChI is InChI=1S/C18H18F3N3O/c19-18(20,21)13-7-5-12(6-8-13)17(25)24-15-9-10-16(22-11-15)23-14-3-1-2-4-14/h5-11,14H,1-4H2,(H,22,23)(H,24,25). The first-order chi connectivity index (χ1) is 11.9. The Morgan fingerprint density at radius 2 is 1.72 bits per heavy atom. The molecule has 0 radical (unpaired) electrons. The van der Waals surface area contributed by atoms with Gasteiger partial charge < -0.3 is 10.6 Å². The molecule has 0 atom stereocenters. The third-order valence-electron chi connectivity index (χ3n) is 4.20. The van der Waals surface area contributed by atoms with Gasteiger partial charge in [-0.25, -0.2) is 4.98 Å². The number of nitrogens with zero attached hydrogens (tertiary/aromatic N) is 1. The zero-order valence-corrected chi connectivity index (χ0v) is 13.4. The molecule has 1 amide bonds. The van der Waals surface area contributed by atoms with Crippen molar-refractivity contribution in [1.29, 1.82) is 0 Å². The maximum atomic E-state index is 12.5. The van der Waals surface area contributed by atoms with Crippen LogP contribution in [0.15, 0.2) is 42.6 Å². The number of aromatic nitrogens is 1. The molecule has 1 heterocycles. The number of hydrogen-bond donors (Lipinski definition) is 2. The van der Waals surface area contributed by atoms with Crippen LogP contribution in [-0.4, -0.2) is 16.9 Å². The molecule has 1 aliphatic rings. The molecule has 0 spiro atoms. The maximum Gasteiger partial charge on any atom is 0.416 e. The average molecular weight is 349 g/mol. The minimum Gasteiger partial charge on any atom is -0.367 e. The minimum absolute atomic E-state index is 0.154. The predicted octanol–water partition coefficient (Wildman–Crippen LogP) is 4.71. The third kappa shape index (κ3) is 4.49. The van der Waals surface area contributed by atoms with Crippen molar-refractivity contribution >= 4 is 17.4 Å². The van der Waals surface area contributed by atoms with E-state index < -0.39 is 17.6 Å². The van der Waals surface area contributed by atoms with Gasteiger partial charge in [0, 0.05) is 11.6 Å². The van der Waals surface area contributed by atoms with Crippen LogP contribution in [0, 0.1) is 0 Å². The van der Waals surface area contributed by atoms with E-state index in [-0.39, 0.29) is 5.56 Å². The summed E-state index contributed by atoms with van der Waals surface area (Å²) >= 11 is 0. The first-order valence-electron chi connectivity index (χ1n) is 8.13. The van der Waals surface area contributed by atoms with E-state index in [0.717, 1.165) is 42.9 Å². The Morgan fingerprint density at radius 3 is 2.28 bits per heavy atom. The van der Waals surface area contributed by atoms with Crippen molar-refractivity contribution in [2.24, 2.45) is 0 Å². The van der Waals surface area contributed by atoms with Crippen LogP contribution in [0.5, 0.6) is 0 Å². The molecule has 1 saturated carbocycles. The summed E-state index contributed by atoms with van der Waals surface area (Å²) in [5.74, 6) is 0.270. The van der Waals surface area contributed by atoms with Crippen LogP contribution in [0.4, 0.5) is 24.7 Å². The summed E-state index contributed by atoms with van der Waals surface area (Å²) in [4.78, 5) is 16.4. The molecule has 1 fully saturated rings. The molecular formula is C18H18F3N3O. The molecule has 0 unspecified atom stereocenters. The number of alkyl halides is 3. The lowest BCUT2D eigenvalue weighted by Crippen LogP contribution is -2.16. The second-order valence-electron chi connectivity index (χ2n) is 6.09. The summed E-state index contributed by atoms with van der Waals surface area (Å²) < 4.78 is 37.6. The van der Waals surface area contributed by atoms with Crippen LogP contribution in [0.2, 0.25) is 0 Å². The summed E-state index contributed by atoms with van der Waals surface area (Å²) in [5.41, 5.74) is -0.143. The number of anilines is 2.